The molecule has 0 atom stereocenters. The Balaban J connectivity index is 0.00000342. The van der Waals surface area contributed by atoms with Gasteiger partial charge in [-0.2, -0.15) is 0 Å². The molecule has 2 aromatic carbocycles. The molecule has 2 heterocycles. The molecule has 0 fully saturated rings. The van der Waals surface area contributed by atoms with Gasteiger partial charge in [0, 0.05) is 43.0 Å². The zero-order valence-electron chi connectivity index (χ0n) is 20.2. The van der Waals surface area contributed by atoms with Gasteiger partial charge in [0.15, 0.2) is 0 Å². The van der Waals surface area contributed by atoms with Crippen molar-refractivity contribution in [3.8, 4) is 11.5 Å². The Labute approximate surface area is 217 Å². The molecule has 0 radical (unpaired) electrons. The van der Waals surface area contributed by atoms with E-state index in [2.05, 4.69) is 19.1 Å². The van der Waals surface area contributed by atoms with Crippen LogP contribution in [0.5, 0.6) is 11.5 Å². The first kappa shape index (κ1) is 26.0. The summed E-state index contributed by atoms with van der Waals surface area (Å²) in [5.41, 5.74) is 3.53. The predicted octanol–water partition coefficient (Wildman–Crippen LogP) is 1.98. The molecule has 176 valence electrons. The first-order chi connectivity index (χ1) is 16.5. The maximum Gasteiger partial charge on any atom is 0.243 e. The second-order valence-corrected chi connectivity index (χ2v) is 8.36. The van der Waals surface area contributed by atoms with Crippen LogP contribution in [0.2, 0.25) is 0 Å². The largest absolute Gasteiger partial charge is 0.507 e. The van der Waals surface area contributed by atoms with Gasteiger partial charge in [0.2, 0.25) is 12.7 Å². The summed E-state index contributed by atoms with van der Waals surface area (Å²) in [6.45, 7) is 2.40. The van der Waals surface area contributed by atoms with Crippen LogP contribution >= 0.6 is 0 Å². The van der Waals surface area contributed by atoms with Gasteiger partial charge in [-0.15, -0.1) is 0 Å². The molecule has 0 amide bonds. The molecule has 2 aromatic heterocycles. The Morgan fingerprint density at radius 2 is 1.17 bits per heavy atom. The van der Waals surface area contributed by atoms with E-state index in [-0.39, 0.29) is 31.0 Å². The van der Waals surface area contributed by atoms with E-state index in [0.717, 1.165) is 24.2 Å². The first-order valence-electron chi connectivity index (χ1n) is 11.1. The minimum atomic E-state index is 0. The van der Waals surface area contributed by atoms with Gasteiger partial charge in [0.25, 0.3) is 0 Å². The molecule has 4 rings (SSSR count). The molecule has 4 aromatic rings. The molecule has 0 bridgehead atoms. The second kappa shape index (κ2) is 12.2. The Kier molecular flexibility index (Phi) is 9.09. The van der Waals surface area contributed by atoms with Gasteiger partial charge in [-0.1, -0.05) is 12.1 Å². The van der Waals surface area contributed by atoms with Crippen LogP contribution in [0.25, 0.3) is 0 Å². The number of hydrogen-bond donors (Lipinski definition) is 2. The van der Waals surface area contributed by atoms with Crippen molar-refractivity contribution in [2.45, 2.75) is 13.1 Å². The fourth-order valence-corrected chi connectivity index (χ4v) is 3.66. The Morgan fingerprint density at radius 1 is 0.743 bits per heavy atom. The molecular formula is C26H30N6O2Zn+2. The van der Waals surface area contributed by atoms with Gasteiger partial charge < -0.3 is 10.2 Å². The number of hydrogen-bond acceptors (Lipinski definition) is 4. The van der Waals surface area contributed by atoms with E-state index in [0.29, 0.717) is 24.2 Å². The molecule has 0 unspecified atom stereocenters. The number of phenolic OH excluding ortho intramolecular Hbond substituents is 2. The topological polar surface area (TPSA) is 82.8 Å². The number of rotatable bonds is 9. The van der Waals surface area contributed by atoms with Crippen molar-refractivity contribution in [3.05, 3.63) is 96.1 Å². The molecule has 2 N–H and O–H groups in total. The van der Waals surface area contributed by atoms with E-state index in [1.165, 1.54) is 0 Å². The monoisotopic (exact) mass is 522 g/mol. The third-order valence-corrected chi connectivity index (χ3v) is 5.38. The maximum absolute atomic E-state index is 10.2. The Hall–Kier alpha value is -3.58. The quantitative estimate of drug-likeness (QED) is 0.152. The fourth-order valence-electron chi connectivity index (χ4n) is 3.66. The number of phenols is 2. The van der Waals surface area contributed by atoms with Crippen molar-refractivity contribution < 1.29 is 38.8 Å². The average molecular weight is 524 g/mol. The SMILES string of the molecule is C[n+]1ccn(Cc2ccc(O)c(C=NCCN=Cc3cc(Cn4cc[n+](C)c4)ccc3O)c2)c1.[Zn]. The molecule has 0 aliphatic heterocycles. The fraction of sp³-hybridized carbons (Fsp3) is 0.231. The van der Waals surface area contributed by atoms with Gasteiger partial charge in [0.05, 0.1) is 27.2 Å². The summed E-state index contributed by atoms with van der Waals surface area (Å²) in [6.07, 6.45) is 15.4. The van der Waals surface area contributed by atoms with E-state index >= 15 is 0 Å². The molecule has 9 heteroatoms. The molecule has 0 spiro atoms. The normalized spacial score (nSPS) is 11.4. The summed E-state index contributed by atoms with van der Waals surface area (Å²) >= 11 is 0. The average Bonchev–Trinajstić information content (AvgIpc) is 3.41. The third kappa shape index (κ3) is 7.45. The summed E-state index contributed by atoms with van der Waals surface area (Å²) < 4.78 is 8.12. The van der Waals surface area contributed by atoms with E-state index in [1.807, 2.05) is 84.9 Å². The molecular weight excluding hydrogens is 494 g/mol. The molecule has 0 aliphatic carbocycles. The number of nitrogens with zero attached hydrogens (tertiary/aromatic N) is 6. The summed E-state index contributed by atoms with van der Waals surface area (Å²) in [4.78, 5) is 8.81. The Morgan fingerprint density at radius 3 is 1.54 bits per heavy atom. The van der Waals surface area contributed by atoms with Gasteiger partial charge in [0.1, 0.15) is 49.4 Å². The number of benzene rings is 2. The Bertz CT molecular complexity index is 1220. The van der Waals surface area contributed by atoms with Crippen LogP contribution < -0.4 is 9.13 Å². The number of aliphatic imine (C=N–C) groups is 2. The molecule has 0 saturated heterocycles. The zero-order chi connectivity index (χ0) is 23.9. The minimum absolute atomic E-state index is 0. The summed E-state index contributed by atoms with van der Waals surface area (Å²) in [7, 11) is 3.96. The predicted molar refractivity (Wildman–Crippen MR) is 131 cm³/mol. The van der Waals surface area contributed by atoms with E-state index in [4.69, 9.17) is 0 Å². The van der Waals surface area contributed by atoms with Crippen LogP contribution in [0.3, 0.4) is 0 Å². The zero-order valence-corrected chi connectivity index (χ0v) is 23.2. The van der Waals surface area contributed by atoms with Crippen molar-refractivity contribution in [2.24, 2.45) is 24.1 Å². The van der Waals surface area contributed by atoms with Crippen molar-refractivity contribution in [2.75, 3.05) is 13.1 Å². The van der Waals surface area contributed by atoms with E-state index in [9.17, 15) is 10.2 Å². The van der Waals surface area contributed by atoms with Crippen LogP contribution in [-0.4, -0.2) is 44.9 Å². The van der Waals surface area contributed by atoms with Crippen LogP contribution in [0.15, 0.2) is 83.8 Å². The molecule has 8 nitrogen and oxygen atoms in total. The molecule has 35 heavy (non-hydrogen) atoms. The number of imidazole rings is 2. The van der Waals surface area contributed by atoms with Crippen molar-refractivity contribution in [1.82, 2.24) is 9.13 Å². The maximum atomic E-state index is 10.2. The van der Waals surface area contributed by atoms with Gasteiger partial charge in [-0.25, -0.2) is 18.3 Å². The number of aromatic nitrogens is 4. The van der Waals surface area contributed by atoms with E-state index in [1.54, 1.807) is 24.6 Å². The second-order valence-electron chi connectivity index (χ2n) is 8.36. The van der Waals surface area contributed by atoms with Crippen LogP contribution in [0, 0.1) is 0 Å². The smallest absolute Gasteiger partial charge is 0.243 e. The number of aryl methyl sites for hydroxylation is 2. The summed E-state index contributed by atoms with van der Waals surface area (Å²) in [5.74, 6) is 0.402. The summed E-state index contributed by atoms with van der Waals surface area (Å²) in [5, 5.41) is 20.3. The third-order valence-electron chi connectivity index (χ3n) is 5.38. The van der Waals surface area contributed by atoms with Crippen molar-refractivity contribution >= 4 is 12.4 Å². The van der Waals surface area contributed by atoms with Crippen molar-refractivity contribution in [1.29, 1.82) is 0 Å². The standard InChI is InChI=1S/C26H28N6O2.Zn/c1-29-9-11-31(19-29)17-21-3-5-25(33)23(13-21)15-27-7-8-28-16-24-14-22(4-6-26(24)34)18-32-12-10-30(2)20-32;/h3-6,9-16,19-20H,7-8,17-18H2,1-2H3;/p+2. The van der Waals surface area contributed by atoms with Gasteiger partial charge in [-0.3, -0.25) is 9.98 Å². The van der Waals surface area contributed by atoms with Crippen LogP contribution in [0.4, 0.5) is 0 Å². The van der Waals surface area contributed by atoms with E-state index < -0.39 is 0 Å². The summed E-state index contributed by atoms with van der Waals surface area (Å²) in [6, 6.07) is 11.1. The van der Waals surface area contributed by atoms with Crippen molar-refractivity contribution in [3.63, 3.8) is 0 Å². The van der Waals surface area contributed by atoms with Crippen LogP contribution in [0.1, 0.15) is 22.3 Å². The molecule has 0 saturated carbocycles. The first-order valence-corrected chi connectivity index (χ1v) is 11.1. The van der Waals surface area contributed by atoms with Crippen LogP contribution in [-0.2, 0) is 46.7 Å². The van der Waals surface area contributed by atoms with Gasteiger partial charge >= 0.3 is 0 Å². The number of aromatic hydroxyl groups is 2. The minimum Gasteiger partial charge on any atom is -0.507 e. The van der Waals surface area contributed by atoms with Gasteiger partial charge in [-0.05, 0) is 35.4 Å². The molecule has 0 aliphatic rings.